The molecule has 0 bridgehead atoms. The molecule has 0 aliphatic carbocycles. The van der Waals surface area contributed by atoms with Crippen molar-refractivity contribution in [1.82, 2.24) is 0 Å². The van der Waals surface area contributed by atoms with Crippen molar-refractivity contribution in [3.63, 3.8) is 0 Å². The molecule has 0 saturated carbocycles. The third kappa shape index (κ3) is 3.37. The van der Waals surface area contributed by atoms with Gasteiger partial charge in [0.1, 0.15) is 24.4 Å². The quantitative estimate of drug-likeness (QED) is 0.343. The Morgan fingerprint density at radius 3 is 2.54 bits per heavy atom. The molecule has 4 atom stereocenters. The van der Waals surface area contributed by atoms with E-state index in [1.165, 1.54) is 0 Å². The van der Waals surface area contributed by atoms with Crippen LogP contribution in [0.25, 0.3) is 0 Å². The number of hydrogen-bond donors (Lipinski definition) is 4. The monoisotopic (exact) mass is 195 g/mol. The maximum Gasteiger partial charge on any atom is 0.151 e. The molecule has 6 heteroatoms. The number of aliphatic hydroxyl groups is 4. The van der Waals surface area contributed by atoms with Crippen LogP contribution >= 0.6 is 0 Å². The van der Waals surface area contributed by atoms with Gasteiger partial charge in [-0.2, -0.15) is 0 Å². The summed E-state index contributed by atoms with van der Waals surface area (Å²) in [4.78, 5) is 10.1. The fraction of sp³-hybridized carbons (Fsp3) is 0.857. The van der Waals surface area contributed by atoms with Gasteiger partial charge in [0.15, 0.2) is 6.29 Å². The summed E-state index contributed by atoms with van der Waals surface area (Å²) in [7, 11) is -0.565. The Bertz CT molecular complexity index is 166. The van der Waals surface area contributed by atoms with Gasteiger partial charge in [0.05, 0.1) is 7.98 Å². The second-order valence-corrected chi connectivity index (χ2v) is 2.50. The first-order valence-corrected chi connectivity index (χ1v) is 3.59. The largest absolute Gasteiger partial charge is 0.394 e. The van der Waals surface area contributed by atoms with E-state index in [-0.39, 0.29) is 6.29 Å². The third-order valence-corrected chi connectivity index (χ3v) is 1.58. The first-order valence-electron chi connectivity index (χ1n) is 4.30. The zero-order valence-electron chi connectivity index (χ0n) is 7.91. The summed E-state index contributed by atoms with van der Waals surface area (Å²) in [6, 6.07) is 0. The van der Waals surface area contributed by atoms with Crippen LogP contribution in [0, 0.1) is 0 Å². The van der Waals surface area contributed by atoms with Crippen molar-refractivity contribution in [3.05, 3.63) is 0 Å². The number of carbonyl (C=O) groups excluding carboxylic acids is 1. The van der Waals surface area contributed by atoms with Crippen molar-refractivity contribution < 1.29 is 31.3 Å². The van der Waals surface area contributed by atoms with Crippen molar-refractivity contribution in [2.24, 2.45) is 0 Å². The highest BCUT2D eigenvalue weighted by Gasteiger charge is 2.31. The second-order valence-electron chi connectivity index (χ2n) is 2.50. The van der Waals surface area contributed by atoms with Crippen LogP contribution in [0.4, 0.5) is 0 Å². The number of carbonyl (C=O) groups is 1. The second kappa shape index (κ2) is 6.01. The summed E-state index contributed by atoms with van der Waals surface area (Å²) in [5, 5.41) is 35.8. The molecule has 0 aromatic heterocycles. The molecule has 13 heavy (non-hydrogen) atoms. The predicted molar refractivity (Wildman–Crippen MR) is 42.0 cm³/mol. The zero-order chi connectivity index (χ0) is 11.1. The zero-order valence-corrected chi connectivity index (χ0v) is 6.91. The number of rotatable bonds is 6. The van der Waals surface area contributed by atoms with Crippen LogP contribution in [0.1, 0.15) is 1.37 Å². The maximum atomic E-state index is 10.1. The minimum absolute atomic E-state index is 0.0784. The van der Waals surface area contributed by atoms with Gasteiger partial charge < -0.3 is 30.0 Å². The van der Waals surface area contributed by atoms with Gasteiger partial charge in [0.25, 0.3) is 0 Å². The summed E-state index contributed by atoms with van der Waals surface area (Å²) >= 11 is 0. The summed E-state index contributed by atoms with van der Waals surface area (Å²) in [6.07, 6.45) is -6.12. The number of aliphatic hydroxyl groups excluding tert-OH is 4. The minimum Gasteiger partial charge on any atom is -0.394 e. The number of aldehydes is 1. The highest BCUT2D eigenvalue weighted by Crippen LogP contribution is 2.07. The van der Waals surface area contributed by atoms with E-state index < -0.39 is 38.1 Å². The average molecular weight is 195 g/mol. The summed E-state index contributed by atoms with van der Waals surface area (Å²) in [5.74, 6) is 0. The van der Waals surface area contributed by atoms with Crippen molar-refractivity contribution in [2.45, 2.75) is 24.4 Å². The molecule has 0 heterocycles. The Morgan fingerprint density at radius 1 is 1.54 bits per heavy atom. The van der Waals surface area contributed by atoms with Gasteiger partial charge >= 0.3 is 0 Å². The van der Waals surface area contributed by atoms with E-state index >= 15 is 0 Å². The molecule has 0 radical (unpaired) electrons. The van der Waals surface area contributed by atoms with E-state index in [0.717, 1.165) is 0 Å². The van der Waals surface area contributed by atoms with Gasteiger partial charge in [-0.3, -0.25) is 0 Å². The molecule has 0 rings (SSSR count). The van der Waals surface area contributed by atoms with Gasteiger partial charge in [-0.1, -0.05) is 0 Å². The lowest BCUT2D eigenvalue weighted by Gasteiger charge is -2.26. The molecular formula is C7H14O6. The van der Waals surface area contributed by atoms with Crippen LogP contribution < -0.4 is 0 Å². The molecule has 0 amide bonds. The van der Waals surface area contributed by atoms with Gasteiger partial charge in [-0.05, 0) is 0 Å². The van der Waals surface area contributed by atoms with Gasteiger partial charge in [-0.25, -0.2) is 0 Å². The molecule has 4 N–H and O–H groups in total. The SMILES string of the molecule is [2H]CO[C@@H]([C@H](O)[C@@H](O)C=O)[C@H](O)CO. The molecular weight excluding hydrogens is 180 g/mol. The van der Waals surface area contributed by atoms with Crippen molar-refractivity contribution in [2.75, 3.05) is 13.7 Å². The highest BCUT2D eigenvalue weighted by molar-refractivity contribution is 5.56. The van der Waals surface area contributed by atoms with Gasteiger partial charge in [-0.15, -0.1) is 0 Å². The maximum absolute atomic E-state index is 10.1. The Kier molecular flexibility index (Phi) is 4.87. The lowest BCUT2D eigenvalue weighted by Crippen LogP contribution is -2.47. The number of ether oxygens (including phenoxy) is 1. The number of methoxy groups -OCH3 is 1. The van der Waals surface area contributed by atoms with Gasteiger partial charge in [0, 0.05) is 7.09 Å². The fourth-order valence-corrected chi connectivity index (χ4v) is 0.816. The first-order chi connectivity index (χ1) is 6.58. The molecule has 6 nitrogen and oxygen atoms in total. The summed E-state index contributed by atoms with van der Waals surface area (Å²) < 4.78 is 11.3. The van der Waals surface area contributed by atoms with Crippen molar-refractivity contribution in [3.8, 4) is 0 Å². The topological polar surface area (TPSA) is 107 Å². The Balaban J connectivity index is 4.38. The number of hydrogen-bond acceptors (Lipinski definition) is 6. The van der Waals surface area contributed by atoms with E-state index in [4.69, 9.17) is 16.7 Å². The van der Waals surface area contributed by atoms with E-state index in [1.54, 1.807) is 0 Å². The van der Waals surface area contributed by atoms with E-state index in [9.17, 15) is 9.90 Å². The van der Waals surface area contributed by atoms with Crippen molar-refractivity contribution >= 4 is 6.29 Å². The molecule has 0 fully saturated rings. The molecule has 0 unspecified atom stereocenters. The van der Waals surface area contributed by atoms with Crippen molar-refractivity contribution in [1.29, 1.82) is 0 Å². The Hall–Kier alpha value is -0.530. The lowest BCUT2D eigenvalue weighted by molar-refractivity contribution is -0.142. The molecule has 0 saturated heterocycles. The Labute approximate surface area is 76.8 Å². The Morgan fingerprint density at radius 2 is 2.15 bits per heavy atom. The van der Waals surface area contributed by atoms with Crippen LogP contribution in [-0.4, -0.2) is 64.8 Å². The summed E-state index contributed by atoms with van der Waals surface area (Å²) in [6.45, 7) is -0.701. The van der Waals surface area contributed by atoms with E-state index in [1.807, 2.05) is 0 Å². The average Bonchev–Trinajstić information content (AvgIpc) is 2.22. The molecule has 0 aromatic rings. The minimum atomic E-state index is -1.72. The van der Waals surface area contributed by atoms with Gasteiger partial charge in [0.2, 0.25) is 0 Å². The third-order valence-electron chi connectivity index (χ3n) is 1.58. The van der Waals surface area contributed by atoms with Crippen LogP contribution in [0.15, 0.2) is 0 Å². The molecule has 0 aromatic carbocycles. The van der Waals surface area contributed by atoms with Crippen LogP contribution in [0.3, 0.4) is 0 Å². The summed E-state index contributed by atoms with van der Waals surface area (Å²) in [5.41, 5.74) is 0. The van der Waals surface area contributed by atoms with Crippen LogP contribution in [0.2, 0.25) is 0 Å². The van der Waals surface area contributed by atoms with Crippen LogP contribution in [0.5, 0.6) is 0 Å². The highest BCUT2D eigenvalue weighted by atomic mass is 16.5. The first kappa shape index (κ1) is 10.6. The molecule has 0 aliphatic rings. The smallest absolute Gasteiger partial charge is 0.151 e. The molecule has 0 spiro atoms. The molecule has 0 aliphatic heterocycles. The standard InChI is InChI=1S/C7H14O6/c1-13-7(5(11)3-9)6(12)4(10)2-8/h2,4-7,9-12H,3H2,1H3/t4-,5+,6+,7+/m0/s1/i1D. The van der Waals surface area contributed by atoms with E-state index in [2.05, 4.69) is 4.74 Å². The predicted octanol–water partition coefficient (Wildman–Crippen LogP) is -2.72. The molecule has 78 valence electrons. The fourth-order valence-electron chi connectivity index (χ4n) is 0.816. The van der Waals surface area contributed by atoms with E-state index in [0.29, 0.717) is 0 Å². The lowest BCUT2D eigenvalue weighted by atomic mass is 10.0. The normalized spacial score (nSPS) is 21.4. The van der Waals surface area contributed by atoms with Crippen LogP contribution in [-0.2, 0) is 9.53 Å².